The maximum absolute atomic E-state index is 8.14. The van der Waals surface area contributed by atoms with Crippen molar-refractivity contribution in [2.45, 2.75) is 6.42 Å². The summed E-state index contributed by atoms with van der Waals surface area (Å²) in [4.78, 5) is 0. The lowest BCUT2D eigenvalue weighted by Gasteiger charge is -2.17. The Morgan fingerprint density at radius 3 is 2.38 bits per heavy atom. The first-order valence-corrected chi connectivity index (χ1v) is 2.40. The Morgan fingerprint density at radius 1 is 1.38 bits per heavy atom. The molecule has 3 heteroatoms. The summed E-state index contributed by atoms with van der Waals surface area (Å²) in [5.74, 6) is 0. The third kappa shape index (κ3) is 0.932. The third-order valence-corrected chi connectivity index (χ3v) is 0.892. The average molecular weight is 108 g/mol. The minimum atomic E-state index is 0.923. The monoisotopic (exact) mass is 108 g/mol. The van der Waals surface area contributed by atoms with Crippen molar-refractivity contribution in [1.29, 1.82) is 0 Å². The van der Waals surface area contributed by atoms with Crippen molar-refractivity contribution in [1.82, 2.24) is 5.01 Å². The van der Waals surface area contributed by atoms with Gasteiger partial charge in [0.1, 0.15) is 0 Å². The van der Waals surface area contributed by atoms with Crippen molar-refractivity contribution < 1.29 is 0 Å². The number of nitrogens with zero attached hydrogens (tertiary/aromatic N) is 3. The summed E-state index contributed by atoms with van der Waals surface area (Å²) in [5, 5.41) is 4.24. The van der Waals surface area contributed by atoms with Crippen LogP contribution in [-0.4, -0.2) is 5.01 Å². The third-order valence-electron chi connectivity index (χ3n) is 0.892. The number of rotatable bonds is 1. The maximum Gasteiger partial charge on any atom is -0.0169 e. The van der Waals surface area contributed by atoms with E-state index in [2.05, 4.69) is 5.22 Å². The van der Waals surface area contributed by atoms with E-state index < -0.39 is 0 Å². The van der Waals surface area contributed by atoms with Gasteiger partial charge < -0.3 is 10.5 Å². The zero-order valence-corrected chi connectivity index (χ0v) is 4.36. The molecule has 0 aromatic rings. The highest BCUT2D eigenvalue weighted by Crippen LogP contribution is 2.01. The molecule has 0 spiro atoms. The minimum absolute atomic E-state index is 0.923. The van der Waals surface area contributed by atoms with Crippen molar-refractivity contribution >= 4 is 0 Å². The van der Waals surface area contributed by atoms with Crippen LogP contribution in [0.3, 0.4) is 0 Å². The summed E-state index contributed by atoms with van der Waals surface area (Å²) < 4.78 is 0. The second kappa shape index (κ2) is 2.26. The van der Waals surface area contributed by atoms with Gasteiger partial charge in [0.15, 0.2) is 0 Å². The van der Waals surface area contributed by atoms with Crippen molar-refractivity contribution in [2.24, 2.45) is 5.22 Å². The summed E-state index contributed by atoms with van der Waals surface area (Å²) in [6.07, 6.45) is 8.12. The zero-order chi connectivity index (χ0) is 5.82. The first-order valence-electron chi connectivity index (χ1n) is 2.40. The molecule has 0 aliphatic carbocycles. The summed E-state index contributed by atoms with van der Waals surface area (Å²) in [6, 6.07) is 0. The Morgan fingerprint density at radius 2 is 2.00 bits per heavy atom. The Labute approximate surface area is 47.8 Å². The molecular formula is C5H6N3-. The van der Waals surface area contributed by atoms with E-state index in [0.717, 1.165) is 6.42 Å². The molecule has 0 saturated heterocycles. The normalized spacial score (nSPS) is 16.8. The largest absolute Gasteiger partial charge is 0.362 e. The Balaban J connectivity index is 2.54. The van der Waals surface area contributed by atoms with Crippen molar-refractivity contribution in [3.05, 3.63) is 30.1 Å². The van der Waals surface area contributed by atoms with E-state index in [1.54, 1.807) is 12.4 Å². The second-order valence-electron chi connectivity index (χ2n) is 1.47. The van der Waals surface area contributed by atoms with Gasteiger partial charge in [-0.05, 0) is 6.42 Å². The number of hydrogen-bond acceptors (Lipinski definition) is 1. The van der Waals surface area contributed by atoms with Crippen LogP contribution < -0.4 is 0 Å². The van der Waals surface area contributed by atoms with Gasteiger partial charge >= 0.3 is 0 Å². The summed E-state index contributed by atoms with van der Waals surface area (Å²) in [6.45, 7) is 0. The molecule has 1 rings (SSSR count). The fourth-order valence-electron chi connectivity index (χ4n) is 0.526. The van der Waals surface area contributed by atoms with E-state index in [9.17, 15) is 0 Å². The molecule has 0 fully saturated rings. The Bertz CT molecular complexity index is 125. The van der Waals surface area contributed by atoms with Gasteiger partial charge in [0.2, 0.25) is 0 Å². The van der Waals surface area contributed by atoms with Crippen LogP contribution in [0.15, 0.2) is 29.8 Å². The lowest BCUT2D eigenvalue weighted by atomic mass is 10.3. The second-order valence-corrected chi connectivity index (χ2v) is 1.47. The van der Waals surface area contributed by atoms with Crippen molar-refractivity contribution in [2.75, 3.05) is 0 Å². The molecule has 0 saturated carbocycles. The van der Waals surface area contributed by atoms with E-state index >= 15 is 0 Å². The van der Waals surface area contributed by atoms with Gasteiger partial charge in [-0.1, -0.05) is 24.6 Å². The van der Waals surface area contributed by atoms with E-state index in [1.807, 2.05) is 12.2 Å². The van der Waals surface area contributed by atoms with Gasteiger partial charge in [0.05, 0.1) is 0 Å². The molecule has 0 amide bonds. The van der Waals surface area contributed by atoms with E-state index in [1.165, 1.54) is 5.01 Å². The first-order chi connectivity index (χ1) is 3.93. The molecule has 0 unspecified atom stereocenters. The molecule has 8 heavy (non-hydrogen) atoms. The quantitative estimate of drug-likeness (QED) is 0.470. The standard InChI is InChI=1S/C5H6N3/c6-7-8-4-2-1-3-5-8/h2-5H,1H2/q-1. The molecule has 0 atom stereocenters. The highest BCUT2D eigenvalue weighted by atomic mass is 15.5. The van der Waals surface area contributed by atoms with Gasteiger partial charge in [-0.15, -0.1) is 0 Å². The van der Waals surface area contributed by atoms with Gasteiger partial charge in [-0.25, -0.2) is 0 Å². The van der Waals surface area contributed by atoms with Crippen LogP contribution in [0.2, 0.25) is 0 Å². The molecule has 42 valence electrons. The summed E-state index contributed by atoms with van der Waals surface area (Å²) >= 11 is 0. The first kappa shape index (κ1) is 5.03. The summed E-state index contributed by atoms with van der Waals surface area (Å²) in [7, 11) is 0. The Hall–Kier alpha value is -1.12. The van der Waals surface area contributed by atoms with Crippen molar-refractivity contribution in [3.63, 3.8) is 0 Å². The molecule has 1 aliphatic rings. The van der Waals surface area contributed by atoms with E-state index in [4.69, 9.17) is 5.53 Å². The predicted molar refractivity (Wildman–Crippen MR) is 30.5 cm³/mol. The molecule has 0 aromatic heterocycles. The van der Waals surface area contributed by atoms with Gasteiger partial charge in [-0.3, -0.25) is 5.22 Å². The molecule has 3 nitrogen and oxygen atoms in total. The Kier molecular flexibility index (Phi) is 1.42. The van der Waals surface area contributed by atoms with Crippen LogP contribution in [0.25, 0.3) is 5.53 Å². The van der Waals surface area contributed by atoms with Gasteiger partial charge in [-0.2, -0.15) is 0 Å². The fourth-order valence-corrected chi connectivity index (χ4v) is 0.526. The van der Waals surface area contributed by atoms with Gasteiger partial charge in [0, 0.05) is 0 Å². The lowest BCUT2D eigenvalue weighted by molar-refractivity contribution is 0.528. The zero-order valence-electron chi connectivity index (χ0n) is 4.36. The van der Waals surface area contributed by atoms with Crippen LogP contribution in [0.1, 0.15) is 6.42 Å². The van der Waals surface area contributed by atoms with Crippen LogP contribution in [-0.2, 0) is 0 Å². The lowest BCUT2D eigenvalue weighted by Crippen LogP contribution is -1.99. The molecule has 0 bridgehead atoms. The van der Waals surface area contributed by atoms with Crippen LogP contribution in [0.4, 0.5) is 0 Å². The van der Waals surface area contributed by atoms with Crippen LogP contribution in [0, 0.1) is 0 Å². The van der Waals surface area contributed by atoms with Crippen LogP contribution in [0.5, 0.6) is 0 Å². The highest BCUT2D eigenvalue weighted by molar-refractivity contribution is 5.00. The number of hydrogen-bond donors (Lipinski definition) is 0. The molecular weight excluding hydrogens is 102 g/mol. The maximum atomic E-state index is 8.14. The smallest absolute Gasteiger partial charge is 0.0169 e. The molecule has 1 heterocycles. The minimum Gasteiger partial charge on any atom is -0.362 e. The van der Waals surface area contributed by atoms with Crippen LogP contribution >= 0.6 is 0 Å². The highest BCUT2D eigenvalue weighted by Gasteiger charge is 1.81. The predicted octanol–water partition coefficient (Wildman–Crippen LogP) is 1.66. The van der Waals surface area contributed by atoms with Gasteiger partial charge in [0.25, 0.3) is 0 Å². The summed E-state index contributed by atoms with van der Waals surface area (Å²) in [5.41, 5.74) is 8.14. The molecule has 1 aliphatic heterocycles. The number of allylic oxidation sites excluding steroid dienone is 2. The topological polar surface area (TPSA) is 37.9 Å². The fraction of sp³-hybridized carbons (Fsp3) is 0.200. The average Bonchev–Trinajstić information content (AvgIpc) is 1.90. The molecule has 0 aromatic carbocycles. The molecule has 0 radical (unpaired) electrons. The molecule has 0 N–H and O–H groups in total. The van der Waals surface area contributed by atoms with Crippen molar-refractivity contribution in [3.8, 4) is 0 Å². The SMILES string of the molecule is [N-]=NN1C=CCC=C1. The van der Waals surface area contributed by atoms with E-state index in [-0.39, 0.29) is 0 Å². The van der Waals surface area contributed by atoms with E-state index in [0.29, 0.717) is 0 Å².